The molecule has 1 heterocycles. The van der Waals surface area contributed by atoms with Gasteiger partial charge in [0, 0.05) is 24.2 Å². The van der Waals surface area contributed by atoms with Crippen molar-refractivity contribution in [3.8, 4) is 5.75 Å². The van der Waals surface area contributed by atoms with Gasteiger partial charge in [0.2, 0.25) is 11.8 Å². The molecule has 3 amide bonds. The van der Waals surface area contributed by atoms with Gasteiger partial charge in [-0.1, -0.05) is 12.1 Å². The second-order valence-corrected chi connectivity index (χ2v) is 8.41. The highest BCUT2D eigenvalue weighted by Crippen LogP contribution is 2.25. The van der Waals surface area contributed by atoms with Gasteiger partial charge in [-0.3, -0.25) is 19.3 Å². The number of primary amides is 1. The Hall–Kier alpha value is -3.39. The molecule has 33 heavy (non-hydrogen) atoms. The van der Waals surface area contributed by atoms with E-state index in [4.69, 9.17) is 10.5 Å². The fourth-order valence-corrected chi connectivity index (χ4v) is 4.09. The van der Waals surface area contributed by atoms with Crippen molar-refractivity contribution in [2.24, 2.45) is 11.7 Å². The maximum atomic E-state index is 12.8. The Bertz CT molecular complexity index is 977. The number of methoxy groups -OCH3 is 1. The number of benzene rings is 2. The molecule has 1 saturated heterocycles. The Labute approximate surface area is 194 Å². The minimum Gasteiger partial charge on any atom is -0.495 e. The topological polar surface area (TPSA) is 114 Å². The molecule has 0 saturated carbocycles. The summed E-state index contributed by atoms with van der Waals surface area (Å²) in [5.41, 5.74) is 6.96. The van der Waals surface area contributed by atoms with Crippen LogP contribution in [0.4, 0.5) is 11.4 Å². The van der Waals surface area contributed by atoms with Gasteiger partial charge >= 0.3 is 0 Å². The van der Waals surface area contributed by atoms with Gasteiger partial charge in [-0.2, -0.15) is 0 Å². The number of hydrogen-bond acceptors (Lipinski definition) is 5. The van der Waals surface area contributed by atoms with E-state index >= 15 is 0 Å². The molecule has 8 heteroatoms. The lowest BCUT2D eigenvalue weighted by Gasteiger charge is -2.36. The van der Waals surface area contributed by atoms with Gasteiger partial charge in [-0.05, 0) is 75.0 Å². The normalized spacial score (nSPS) is 17.1. The third-order valence-corrected chi connectivity index (χ3v) is 6.05. The zero-order chi connectivity index (χ0) is 23.8. The average Bonchev–Trinajstić information content (AvgIpc) is 2.83. The molecule has 0 aliphatic carbocycles. The number of hydrogen-bond donors (Lipinski definition) is 3. The third kappa shape index (κ3) is 6.79. The van der Waals surface area contributed by atoms with Crippen molar-refractivity contribution in [2.75, 3.05) is 30.8 Å². The van der Waals surface area contributed by atoms with Crippen LogP contribution in [0.1, 0.15) is 43.0 Å². The molecule has 0 spiro atoms. The molecule has 176 valence electrons. The number of anilines is 2. The number of nitrogens with one attached hydrogen (secondary N) is 2. The molecule has 1 aliphatic rings. The number of carbonyl (C=O) groups excluding carboxylic acids is 3. The standard InChI is InChI=1S/C25H32N4O4/c1-17(29-15-5-6-18(16-29)9-14-23(26)30)24(31)27-20-12-10-19(11-13-20)25(32)28-21-7-3-4-8-22(21)33-2/h3-4,7-8,10-13,17-18H,5-6,9,14-16H2,1-2H3,(H2,26,30)(H,27,31)(H,28,32)/t17-,18-/m0/s1. The van der Waals surface area contributed by atoms with Crippen molar-refractivity contribution in [2.45, 2.75) is 38.6 Å². The van der Waals surface area contributed by atoms with Gasteiger partial charge in [0.15, 0.2) is 0 Å². The van der Waals surface area contributed by atoms with E-state index in [-0.39, 0.29) is 23.8 Å². The number of piperidine rings is 1. The number of nitrogens with two attached hydrogens (primary N) is 1. The molecule has 2 aromatic carbocycles. The summed E-state index contributed by atoms with van der Waals surface area (Å²) in [6.45, 7) is 3.52. The van der Waals surface area contributed by atoms with E-state index in [0.717, 1.165) is 32.4 Å². The van der Waals surface area contributed by atoms with E-state index in [2.05, 4.69) is 15.5 Å². The quantitative estimate of drug-likeness (QED) is 0.540. The van der Waals surface area contributed by atoms with Crippen molar-refractivity contribution in [3.63, 3.8) is 0 Å². The van der Waals surface area contributed by atoms with Crippen LogP contribution in [-0.2, 0) is 9.59 Å². The molecule has 3 rings (SSSR count). The molecule has 2 aromatic rings. The summed E-state index contributed by atoms with van der Waals surface area (Å²) in [4.78, 5) is 38.6. The number of rotatable bonds is 9. The SMILES string of the molecule is COc1ccccc1NC(=O)c1ccc(NC(=O)[C@H](C)N2CCC[C@@H](CCC(N)=O)C2)cc1. The summed E-state index contributed by atoms with van der Waals surface area (Å²) < 4.78 is 5.26. The number of likely N-dealkylation sites (tertiary alicyclic amines) is 1. The molecule has 0 aromatic heterocycles. The van der Waals surface area contributed by atoms with E-state index < -0.39 is 0 Å². The van der Waals surface area contributed by atoms with Crippen LogP contribution in [0, 0.1) is 5.92 Å². The first-order valence-electron chi connectivity index (χ1n) is 11.2. The second kappa shape index (κ2) is 11.5. The fraction of sp³-hybridized carbons (Fsp3) is 0.400. The average molecular weight is 453 g/mol. The largest absolute Gasteiger partial charge is 0.495 e. The first-order chi connectivity index (χ1) is 15.9. The van der Waals surface area contributed by atoms with Crippen molar-refractivity contribution in [1.29, 1.82) is 0 Å². The van der Waals surface area contributed by atoms with Gasteiger partial charge < -0.3 is 21.1 Å². The number of carbonyl (C=O) groups is 3. The van der Waals surface area contributed by atoms with Crippen LogP contribution < -0.4 is 21.1 Å². The first-order valence-corrected chi connectivity index (χ1v) is 11.2. The highest BCUT2D eigenvalue weighted by atomic mass is 16.5. The summed E-state index contributed by atoms with van der Waals surface area (Å²) in [6, 6.07) is 13.7. The fourth-order valence-electron chi connectivity index (χ4n) is 4.09. The summed E-state index contributed by atoms with van der Waals surface area (Å²) in [6.07, 6.45) is 3.20. The Morgan fingerprint density at radius 3 is 2.55 bits per heavy atom. The predicted octanol–water partition coefficient (Wildman–Crippen LogP) is 3.25. The Morgan fingerprint density at radius 2 is 1.85 bits per heavy atom. The van der Waals surface area contributed by atoms with E-state index in [1.165, 1.54) is 0 Å². The van der Waals surface area contributed by atoms with Crippen LogP contribution in [-0.4, -0.2) is 48.9 Å². The summed E-state index contributed by atoms with van der Waals surface area (Å²) in [7, 11) is 1.55. The lowest BCUT2D eigenvalue weighted by Crippen LogP contribution is -2.47. The van der Waals surface area contributed by atoms with Crippen molar-refractivity contribution >= 4 is 29.1 Å². The molecule has 0 unspecified atom stereocenters. The van der Waals surface area contributed by atoms with Crippen LogP contribution in [0.2, 0.25) is 0 Å². The van der Waals surface area contributed by atoms with Crippen LogP contribution in [0.5, 0.6) is 5.75 Å². The Morgan fingerprint density at radius 1 is 1.12 bits per heavy atom. The molecule has 2 atom stereocenters. The van der Waals surface area contributed by atoms with E-state index in [0.29, 0.717) is 35.0 Å². The zero-order valence-electron chi connectivity index (χ0n) is 19.2. The smallest absolute Gasteiger partial charge is 0.255 e. The van der Waals surface area contributed by atoms with Crippen LogP contribution >= 0.6 is 0 Å². The van der Waals surface area contributed by atoms with Gasteiger partial charge in [0.25, 0.3) is 5.91 Å². The Kier molecular flexibility index (Phi) is 8.43. The molecular weight excluding hydrogens is 420 g/mol. The third-order valence-electron chi connectivity index (χ3n) is 6.05. The highest BCUT2D eigenvalue weighted by molar-refractivity contribution is 6.05. The van der Waals surface area contributed by atoms with Crippen LogP contribution in [0.3, 0.4) is 0 Å². The van der Waals surface area contributed by atoms with Crippen molar-refractivity contribution in [1.82, 2.24) is 4.90 Å². The van der Waals surface area contributed by atoms with Crippen LogP contribution in [0.15, 0.2) is 48.5 Å². The maximum Gasteiger partial charge on any atom is 0.255 e. The molecular formula is C25H32N4O4. The lowest BCUT2D eigenvalue weighted by molar-refractivity contribution is -0.122. The monoisotopic (exact) mass is 452 g/mol. The minimum atomic E-state index is -0.296. The predicted molar refractivity (Wildman–Crippen MR) is 128 cm³/mol. The lowest BCUT2D eigenvalue weighted by atomic mass is 9.92. The number of nitrogens with zero attached hydrogens (tertiary/aromatic N) is 1. The Balaban J connectivity index is 1.55. The van der Waals surface area contributed by atoms with Crippen molar-refractivity contribution in [3.05, 3.63) is 54.1 Å². The van der Waals surface area contributed by atoms with Gasteiger partial charge in [-0.25, -0.2) is 0 Å². The van der Waals surface area contributed by atoms with Gasteiger partial charge in [0.1, 0.15) is 5.75 Å². The molecule has 0 bridgehead atoms. The van der Waals surface area contributed by atoms with E-state index in [1.54, 1.807) is 43.5 Å². The molecule has 4 N–H and O–H groups in total. The second-order valence-electron chi connectivity index (χ2n) is 8.41. The summed E-state index contributed by atoms with van der Waals surface area (Å²) >= 11 is 0. The molecule has 0 radical (unpaired) electrons. The number of para-hydroxylation sites is 2. The highest BCUT2D eigenvalue weighted by Gasteiger charge is 2.27. The number of ether oxygens (including phenoxy) is 1. The molecule has 8 nitrogen and oxygen atoms in total. The summed E-state index contributed by atoms with van der Waals surface area (Å²) in [5.74, 6) is 0.316. The molecule has 1 aliphatic heterocycles. The summed E-state index contributed by atoms with van der Waals surface area (Å²) in [5, 5.41) is 5.77. The van der Waals surface area contributed by atoms with Crippen LogP contribution in [0.25, 0.3) is 0 Å². The molecule has 1 fully saturated rings. The van der Waals surface area contributed by atoms with E-state index in [1.807, 2.05) is 19.1 Å². The van der Waals surface area contributed by atoms with Crippen molar-refractivity contribution < 1.29 is 19.1 Å². The van der Waals surface area contributed by atoms with Gasteiger partial charge in [-0.15, -0.1) is 0 Å². The maximum absolute atomic E-state index is 12.8. The van der Waals surface area contributed by atoms with Gasteiger partial charge in [0.05, 0.1) is 18.8 Å². The minimum absolute atomic E-state index is 0.100. The zero-order valence-corrected chi connectivity index (χ0v) is 19.2. The van der Waals surface area contributed by atoms with E-state index in [9.17, 15) is 14.4 Å². The first kappa shape index (κ1) is 24.3. The number of amides is 3.